The lowest BCUT2D eigenvalue weighted by atomic mass is 10.1. The van der Waals surface area contributed by atoms with Crippen LogP contribution in [0.5, 0.6) is 0 Å². The molecule has 1 heterocycles. The van der Waals surface area contributed by atoms with E-state index in [1.165, 1.54) is 12.1 Å². The Hall–Kier alpha value is -2.37. The molecule has 0 aliphatic heterocycles. The molecule has 0 saturated heterocycles. The van der Waals surface area contributed by atoms with Gasteiger partial charge in [0.05, 0.1) is 18.4 Å². The van der Waals surface area contributed by atoms with Crippen LogP contribution in [0.25, 0.3) is 0 Å². The number of hydrogen-bond acceptors (Lipinski definition) is 3. The quantitative estimate of drug-likeness (QED) is 0.873. The molecule has 0 bridgehead atoms. The van der Waals surface area contributed by atoms with Crippen molar-refractivity contribution in [1.29, 1.82) is 0 Å². The number of nitrogens with one attached hydrogen (secondary N) is 1. The molecule has 1 aromatic heterocycles. The average Bonchev–Trinajstić information content (AvgIpc) is 2.78. The summed E-state index contributed by atoms with van der Waals surface area (Å²) in [6.45, 7) is 2.68. The van der Waals surface area contributed by atoms with Gasteiger partial charge in [-0.25, -0.2) is 4.39 Å². The number of nitrogens with zero attached hydrogens (tertiary/aromatic N) is 2. The Labute approximate surface area is 110 Å². The summed E-state index contributed by atoms with van der Waals surface area (Å²) in [4.78, 5) is 11.9. The molecule has 19 heavy (non-hydrogen) atoms. The van der Waals surface area contributed by atoms with Crippen molar-refractivity contribution >= 4 is 11.6 Å². The molecule has 0 aliphatic rings. The lowest BCUT2D eigenvalue weighted by molar-refractivity contribution is 0.0951. The normalized spacial score (nSPS) is 10.4. The number of carbonyl (C=O) groups is 1. The standard InChI is InChI=1S/C13H15FN4O/c1-9-2-3-10(14)6-12(9)13(19)16-4-5-18-8-11(15)7-17-18/h2-3,6-8H,4-5,15H2,1H3,(H,16,19). The fourth-order valence-electron chi connectivity index (χ4n) is 1.72. The molecule has 1 amide bonds. The van der Waals surface area contributed by atoms with Gasteiger partial charge in [0, 0.05) is 18.3 Å². The summed E-state index contributed by atoms with van der Waals surface area (Å²) in [7, 11) is 0. The number of aromatic nitrogens is 2. The van der Waals surface area contributed by atoms with Crippen molar-refractivity contribution in [3.8, 4) is 0 Å². The molecule has 5 nitrogen and oxygen atoms in total. The first-order valence-electron chi connectivity index (χ1n) is 5.88. The van der Waals surface area contributed by atoms with Gasteiger partial charge in [0.2, 0.25) is 0 Å². The Balaban J connectivity index is 1.92. The minimum absolute atomic E-state index is 0.294. The van der Waals surface area contributed by atoms with Crippen molar-refractivity contribution in [3.63, 3.8) is 0 Å². The predicted molar refractivity (Wildman–Crippen MR) is 70.1 cm³/mol. The average molecular weight is 262 g/mol. The summed E-state index contributed by atoms with van der Waals surface area (Å²) in [6, 6.07) is 4.15. The van der Waals surface area contributed by atoms with Crippen molar-refractivity contribution in [2.45, 2.75) is 13.5 Å². The Bertz CT molecular complexity index is 594. The van der Waals surface area contributed by atoms with Crippen molar-refractivity contribution < 1.29 is 9.18 Å². The zero-order chi connectivity index (χ0) is 13.8. The number of nitrogen functional groups attached to an aromatic ring is 1. The number of halogens is 1. The molecular formula is C13H15FN4O. The van der Waals surface area contributed by atoms with Crippen LogP contribution in [-0.2, 0) is 6.54 Å². The molecule has 0 aliphatic carbocycles. The lowest BCUT2D eigenvalue weighted by Crippen LogP contribution is -2.28. The minimum Gasteiger partial charge on any atom is -0.396 e. The van der Waals surface area contributed by atoms with Gasteiger partial charge >= 0.3 is 0 Å². The number of aryl methyl sites for hydroxylation is 1. The van der Waals surface area contributed by atoms with Crippen molar-refractivity contribution in [2.75, 3.05) is 12.3 Å². The van der Waals surface area contributed by atoms with Gasteiger partial charge in [-0.2, -0.15) is 5.10 Å². The van der Waals surface area contributed by atoms with Gasteiger partial charge in [-0.15, -0.1) is 0 Å². The highest BCUT2D eigenvalue weighted by molar-refractivity contribution is 5.95. The van der Waals surface area contributed by atoms with Crippen LogP contribution in [0.2, 0.25) is 0 Å². The highest BCUT2D eigenvalue weighted by Crippen LogP contribution is 2.09. The first-order chi connectivity index (χ1) is 9.06. The molecular weight excluding hydrogens is 247 g/mol. The van der Waals surface area contributed by atoms with Gasteiger partial charge in [0.25, 0.3) is 5.91 Å². The molecule has 3 N–H and O–H groups in total. The van der Waals surface area contributed by atoms with Crippen LogP contribution in [0.3, 0.4) is 0 Å². The maximum atomic E-state index is 13.1. The summed E-state index contributed by atoms with van der Waals surface area (Å²) < 4.78 is 14.7. The highest BCUT2D eigenvalue weighted by Gasteiger charge is 2.09. The number of anilines is 1. The number of benzene rings is 1. The maximum Gasteiger partial charge on any atom is 0.251 e. The van der Waals surface area contributed by atoms with E-state index in [0.717, 1.165) is 5.56 Å². The topological polar surface area (TPSA) is 72.9 Å². The van der Waals surface area contributed by atoms with Crippen molar-refractivity contribution in [2.24, 2.45) is 0 Å². The van der Waals surface area contributed by atoms with Crippen LogP contribution in [-0.4, -0.2) is 22.2 Å². The van der Waals surface area contributed by atoms with Gasteiger partial charge in [-0.05, 0) is 24.6 Å². The van der Waals surface area contributed by atoms with E-state index >= 15 is 0 Å². The van der Waals surface area contributed by atoms with E-state index in [4.69, 9.17) is 5.73 Å². The Morgan fingerprint density at radius 3 is 3.00 bits per heavy atom. The minimum atomic E-state index is -0.421. The molecule has 2 rings (SSSR count). The van der Waals surface area contributed by atoms with Gasteiger partial charge < -0.3 is 11.1 Å². The van der Waals surface area contributed by atoms with Gasteiger partial charge in [0.15, 0.2) is 0 Å². The van der Waals surface area contributed by atoms with Crippen LogP contribution in [0, 0.1) is 12.7 Å². The van der Waals surface area contributed by atoms with Gasteiger partial charge in [0.1, 0.15) is 5.82 Å². The fraction of sp³-hybridized carbons (Fsp3) is 0.231. The van der Waals surface area contributed by atoms with Crippen LogP contribution in [0.15, 0.2) is 30.6 Å². The number of nitrogens with two attached hydrogens (primary N) is 1. The smallest absolute Gasteiger partial charge is 0.251 e. The molecule has 1 aromatic carbocycles. The largest absolute Gasteiger partial charge is 0.396 e. The zero-order valence-electron chi connectivity index (χ0n) is 10.6. The molecule has 0 fully saturated rings. The van der Waals surface area contributed by atoms with E-state index in [1.807, 2.05) is 0 Å². The predicted octanol–water partition coefficient (Wildman–Crippen LogP) is 1.34. The third-order valence-corrected chi connectivity index (χ3v) is 2.72. The van der Waals surface area contributed by atoms with E-state index in [-0.39, 0.29) is 5.91 Å². The monoisotopic (exact) mass is 262 g/mol. The summed E-state index contributed by atoms with van der Waals surface area (Å²) in [5.41, 5.74) is 7.19. The highest BCUT2D eigenvalue weighted by atomic mass is 19.1. The molecule has 0 saturated carbocycles. The van der Waals surface area contributed by atoms with Crippen molar-refractivity contribution in [1.82, 2.24) is 15.1 Å². The molecule has 0 spiro atoms. The summed E-state index contributed by atoms with van der Waals surface area (Å²) in [6.07, 6.45) is 3.22. The molecule has 100 valence electrons. The third-order valence-electron chi connectivity index (χ3n) is 2.72. The summed E-state index contributed by atoms with van der Waals surface area (Å²) in [5, 5.41) is 6.71. The van der Waals surface area contributed by atoms with E-state index in [0.29, 0.717) is 24.3 Å². The van der Waals surface area contributed by atoms with E-state index < -0.39 is 5.82 Å². The van der Waals surface area contributed by atoms with Crippen LogP contribution in [0.4, 0.5) is 10.1 Å². The zero-order valence-corrected chi connectivity index (χ0v) is 10.6. The van der Waals surface area contributed by atoms with Gasteiger partial charge in [-0.3, -0.25) is 9.48 Å². The third kappa shape index (κ3) is 3.31. The lowest BCUT2D eigenvalue weighted by Gasteiger charge is -2.07. The number of amides is 1. The van der Waals surface area contributed by atoms with E-state index in [1.54, 1.807) is 30.1 Å². The number of hydrogen-bond donors (Lipinski definition) is 2. The Morgan fingerprint density at radius 2 is 2.32 bits per heavy atom. The summed E-state index contributed by atoms with van der Waals surface area (Å²) >= 11 is 0. The second kappa shape index (κ2) is 5.51. The van der Waals surface area contributed by atoms with Crippen LogP contribution in [0.1, 0.15) is 15.9 Å². The Kier molecular flexibility index (Phi) is 3.79. The first-order valence-corrected chi connectivity index (χ1v) is 5.88. The second-order valence-corrected chi connectivity index (χ2v) is 4.25. The SMILES string of the molecule is Cc1ccc(F)cc1C(=O)NCCn1cc(N)cn1. The Morgan fingerprint density at radius 1 is 1.53 bits per heavy atom. The van der Waals surface area contributed by atoms with E-state index in [9.17, 15) is 9.18 Å². The molecule has 0 radical (unpaired) electrons. The maximum absolute atomic E-state index is 13.1. The molecule has 2 aromatic rings. The van der Waals surface area contributed by atoms with Crippen LogP contribution >= 0.6 is 0 Å². The number of rotatable bonds is 4. The molecule has 0 unspecified atom stereocenters. The van der Waals surface area contributed by atoms with Crippen LogP contribution < -0.4 is 11.1 Å². The molecule has 6 heteroatoms. The van der Waals surface area contributed by atoms with Crippen molar-refractivity contribution in [3.05, 3.63) is 47.5 Å². The molecule has 0 atom stereocenters. The summed E-state index contributed by atoms with van der Waals surface area (Å²) in [5.74, 6) is -0.715. The number of carbonyl (C=O) groups excluding carboxylic acids is 1. The first kappa shape index (κ1) is 13.1. The fourth-order valence-corrected chi connectivity index (χ4v) is 1.72. The van der Waals surface area contributed by atoms with Gasteiger partial charge in [-0.1, -0.05) is 6.07 Å². The van der Waals surface area contributed by atoms with E-state index in [2.05, 4.69) is 10.4 Å². The second-order valence-electron chi connectivity index (χ2n) is 4.25.